The van der Waals surface area contributed by atoms with Crippen LogP contribution in [0.5, 0.6) is 5.88 Å². The second-order valence-corrected chi connectivity index (χ2v) is 5.20. The van der Waals surface area contributed by atoms with Crippen LogP contribution in [0.25, 0.3) is 0 Å². The number of aromatic nitrogens is 2. The van der Waals surface area contributed by atoms with Crippen molar-refractivity contribution >= 4 is 18.4 Å². The fourth-order valence-electron chi connectivity index (χ4n) is 2.07. The van der Waals surface area contributed by atoms with E-state index in [1.165, 1.54) is 10.8 Å². The molecule has 0 fully saturated rings. The predicted molar refractivity (Wildman–Crippen MR) is 92.6 cm³/mol. The second-order valence-electron chi connectivity index (χ2n) is 4.81. The lowest BCUT2D eigenvalue weighted by Crippen LogP contribution is -2.24. The quantitative estimate of drug-likeness (QED) is 0.315. The van der Waals surface area contributed by atoms with Crippen LogP contribution in [0.2, 0.25) is 0 Å². The Labute approximate surface area is 135 Å². The van der Waals surface area contributed by atoms with Crippen LogP contribution < -0.4 is 5.56 Å². The summed E-state index contributed by atoms with van der Waals surface area (Å²) in [5.74, 6) is -0.179. The predicted octanol–water partition coefficient (Wildman–Crippen LogP) is 1.95. The van der Waals surface area contributed by atoms with Gasteiger partial charge in [-0.15, -0.1) is 6.58 Å². The van der Waals surface area contributed by atoms with E-state index in [-0.39, 0.29) is 16.2 Å². The van der Waals surface area contributed by atoms with Crippen LogP contribution in [-0.2, 0) is 6.54 Å². The molecule has 0 amide bonds. The molecule has 22 heavy (non-hydrogen) atoms. The Hall–Kier alpha value is -1.73. The molecule has 2 N–H and O–H groups in total. The van der Waals surface area contributed by atoms with E-state index < -0.39 is 5.56 Å². The molecule has 0 saturated heterocycles. The van der Waals surface area contributed by atoms with Gasteiger partial charge in [-0.1, -0.05) is 19.9 Å². The van der Waals surface area contributed by atoms with E-state index in [2.05, 4.69) is 35.3 Å². The summed E-state index contributed by atoms with van der Waals surface area (Å²) in [6.07, 6.45) is 3.91. The van der Waals surface area contributed by atoms with Gasteiger partial charge in [0.15, 0.2) is 4.77 Å². The van der Waals surface area contributed by atoms with Crippen LogP contribution in [0.4, 0.5) is 0 Å². The SMILES string of the molecule is C=CCn1c(O)c(C=NCCCN(CC)CC)c(=O)[nH]c1=S. The molecule has 122 valence electrons. The van der Waals surface area contributed by atoms with Crippen molar-refractivity contribution in [3.8, 4) is 5.88 Å². The summed E-state index contributed by atoms with van der Waals surface area (Å²) in [6, 6.07) is 0. The number of nitrogens with one attached hydrogen (secondary N) is 1. The van der Waals surface area contributed by atoms with Crippen LogP contribution in [0.3, 0.4) is 0 Å². The van der Waals surface area contributed by atoms with E-state index >= 15 is 0 Å². The van der Waals surface area contributed by atoms with Gasteiger partial charge in [0.05, 0.1) is 0 Å². The van der Waals surface area contributed by atoms with Crippen molar-refractivity contribution in [3.05, 3.63) is 33.3 Å². The standard InChI is InChI=1S/C15H24N4O2S/c1-4-9-19-14(21)12(13(20)17-15(19)22)11-16-8-7-10-18(5-2)6-3/h4,11,21H,1,5-10H2,2-3H3,(H,17,20,22). The van der Waals surface area contributed by atoms with E-state index in [4.69, 9.17) is 12.2 Å². The van der Waals surface area contributed by atoms with Gasteiger partial charge in [-0.2, -0.15) is 0 Å². The third-order valence-corrected chi connectivity index (χ3v) is 3.72. The summed E-state index contributed by atoms with van der Waals surface area (Å²) < 4.78 is 1.57. The lowest BCUT2D eigenvalue weighted by Gasteiger charge is -2.16. The zero-order valence-electron chi connectivity index (χ0n) is 13.2. The highest BCUT2D eigenvalue weighted by molar-refractivity contribution is 7.71. The minimum atomic E-state index is -0.435. The van der Waals surface area contributed by atoms with Gasteiger partial charge in [0.25, 0.3) is 5.56 Å². The van der Waals surface area contributed by atoms with Gasteiger partial charge in [0.1, 0.15) is 5.56 Å². The summed E-state index contributed by atoms with van der Waals surface area (Å²) in [6.45, 7) is 11.8. The Kier molecular flexibility index (Phi) is 7.76. The van der Waals surface area contributed by atoms with E-state index in [1.807, 2.05) is 0 Å². The molecule has 0 unspecified atom stereocenters. The highest BCUT2D eigenvalue weighted by Crippen LogP contribution is 2.11. The van der Waals surface area contributed by atoms with E-state index in [9.17, 15) is 9.90 Å². The maximum atomic E-state index is 11.9. The Bertz CT molecular complexity index is 629. The minimum absolute atomic E-state index is 0.123. The van der Waals surface area contributed by atoms with Gasteiger partial charge in [0.2, 0.25) is 5.88 Å². The number of hydrogen-bond donors (Lipinski definition) is 2. The van der Waals surface area contributed by atoms with Gasteiger partial charge < -0.3 is 10.0 Å². The molecule has 0 radical (unpaired) electrons. The Morgan fingerprint density at radius 2 is 2.14 bits per heavy atom. The summed E-state index contributed by atoms with van der Waals surface area (Å²) >= 11 is 5.01. The number of aliphatic imine (C=N–C) groups is 1. The van der Waals surface area contributed by atoms with Crippen molar-refractivity contribution < 1.29 is 5.11 Å². The molecule has 1 heterocycles. The third kappa shape index (κ3) is 4.92. The van der Waals surface area contributed by atoms with Gasteiger partial charge in [-0.05, 0) is 38.3 Å². The first kappa shape index (κ1) is 18.3. The molecular weight excluding hydrogens is 300 g/mol. The van der Waals surface area contributed by atoms with Crippen LogP contribution in [0, 0.1) is 4.77 Å². The van der Waals surface area contributed by atoms with Gasteiger partial charge in [-0.3, -0.25) is 19.3 Å². The molecule has 0 aliphatic rings. The van der Waals surface area contributed by atoms with Crippen molar-refractivity contribution in [1.82, 2.24) is 14.5 Å². The van der Waals surface area contributed by atoms with Crippen LogP contribution in [-0.4, -0.2) is 52.0 Å². The molecule has 0 aromatic carbocycles. The van der Waals surface area contributed by atoms with Gasteiger partial charge in [0, 0.05) is 19.3 Å². The number of nitrogens with zero attached hydrogens (tertiary/aromatic N) is 3. The van der Waals surface area contributed by atoms with Gasteiger partial charge >= 0.3 is 0 Å². The Balaban J connectivity index is 2.79. The second kappa shape index (κ2) is 9.32. The molecule has 0 aliphatic heterocycles. The molecule has 0 saturated carbocycles. The van der Waals surface area contributed by atoms with E-state index in [0.29, 0.717) is 13.1 Å². The molecular formula is C15H24N4O2S. The molecule has 6 nitrogen and oxygen atoms in total. The molecule has 0 aliphatic carbocycles. The summed E-state index contributed by atoms with van der Waals surface area (Å²) in [7, 11) is 0. The van der Waals surface area contributed by atoms with Crippen molar-refractivity contribution in [2.45, 2.75) is 26.8 Å². The van der Waals surface area contributed by atoms with Crippen molar-refractivity contribution in [2.24, 2.45) is 4.99 Å². The van der Waals surface area contributed by atoms with Crippen LogP contribution >= 0.6 is 12.2 Å². The summed E-state index contributed by atoms with van der Waals surface area (Å²) in [5.41, 5.74) is -0.311. The third-order valence-electron chi connectivity index (χ3n) is 3.39. The fourth-order valence-corrected chi connectivity index (χ4v) is 2.32. The largest absolute Gasteiger partial charge is 0.494 e. The maximum absolute atomic E-state index is 11.9. The number of allylic oxidation sites excluding steroid dienone is 1. The number of aromatic amines is 1. The topological polar surface area (TPSA) is 73.6 Å². The first-order chi connectivity index (χ1) is 10.5. The maximum Gasteiger partial charge on any atom is 0.264 e. The van der Waals surface area contributed by atoms with Crippen molar-refractivity contribution in [1.29, 1.82) is 0 Å². The Morgan fingerprint density at radius 1 is 1.45 bits per heavy atom. The fraction of sp³-hybridized carbons (Fsp3) is 0.533. The molecule has 1 aromatic rings. The Morgan fingerprint density at radius 3 is 2.73 bits per heavy atom. The number of aromatic hydroxyl groups is 1. The van der Waals surface area contributed by atoms with Crippen molar-refractivity contribution in [3.63, 3.8) is 0 Å². The molecule has 7 heteroatoms. The van der Waals surface area contributed by atoms with Gasteiger partial charge in [-0.25, -0.2) is 0 Å². The van der Waals surface area contributed by atoms with E-state index in [1.54, 1.807) is 6.08 Å². The minimum Gasteiger partial charge on any atom is -0.494 e. The molecule has 1 rings (SSSR count). The summed E-state index contributed by atoms with van der Waals surface area (Å²) in [5, 5.41) is 10.1. The number of hydrogen-bond acceptors (Lipinski definition) is 5. The first-order valence-electron chi connectivity index (χ1n) is 7.44. The average Bonchev–Trinajstić information content (AvgIpc) is 2.50. The first-order valence-corrected chi connectivity index (χ1v) is 7.85. The highest BCUT2D eigenvalue weighted by atomic mass is 32.1. The van der Waals surface area contributed by atoms with E-state index in [0.717, 1.165) is 26.1 Å². The molecule has 0 bridgehead atoms. The number of rotatable bonds is 9. The monoisotopic (exact) mass is 324 g/mol. The molecule has 1 aromatic heterocycles. The zero-order valence-corrected chi connectivity index (χ0v) is 14.0. The van der Waals surface area contributed by atoms with Crippen LogP contribution in [0.15, 0.2) is 22.4 Å². The molecule has 0 atom stereocenters. The lowest BCUT2D eigenvalue weighted by atomic mass is 10.3. The molecule has 0 spiro atoms. The normalized spacial score (nSPS) is 11.4. The average molecular weight is 324 g/mol. The van der Waals surface area contributed by atoms with Crippen molar-refractivity contribution in [2.75, 3.05) is 26.2 Å². The summed E-state index contributed by atoms with van der Waals surface area (Å²) in [4.78, 5) is 20.9. The number of H-pyrrole nitrogens is 1. The highest BCUT2D eigenvalue weighted by Gasteiger charge is 2.09. The zero-order chi connectivity index (χ0) is 16.5. The lowest BCUT2D eigenvalue weighted by molar-refractivity contribution is 0.302. The smallest absolute Gasteiger partial charge is 0.264 e. The van der Waals surface area contributed by atoms with Crippen LogP contribution in [0.1, 0.15) is 25.8 Å².